The number of rotatable bonds is 5. The molecule has 4 rings (SSSR count). The Bertz CT molecular complexity index is 1130. The molecule has 3 heterocycles. The largest absolute Gasteiger partial charge is 0.352 e. The maximum absolute atomic E-state index is 12.8. The van der Waals surface area contributed by atoms with Crippen molar-refractivity contribution in [2.45, 2.75) is 4.90 Å². The van der Waals surface area contributed by atoms with Gasteiger partial charge >= 0.3 is 0 Å². The first-order valence-electron chi connectivity index (χ1n) is 9.20. The second-order valence-electron chi connectivity index (χ2n) is 6.63. The molecule has 0 radical (unpaired) electrons. The maximum Gasteiger partial charge on any atom is 0.269 e. The number of nitro benzene ring substituents is 1. The topological polar surface area (TPSA) is 122 Å². The minimum atomic E-state index is -3.71. The van der Waals surface area contributed by atoms with E-state index >= 15 is 0 Å². The van der Waals surface area contributed by atoms with Crippen LogP contribution in [0.15, 0.2) is 65.7 Å². The number of benzene rings is 1. The number of sulfonamides is 1. The molecule has 1 aromatic carbocycles. The summed E-state index contributed by atoms with van der Waals surface area (Å²) in [5.41, 5.74) is 1.25. The molecule has 0 saturated carbocycles. The van der Waals surface area contributed by atoms with Crippen LogP contribution in [-0.2, 0) is 10.0 Å². The summed E-state index contributed by atoms with van der Waals surface area (Å²) in [6.45, 7) is 1.49. The van der Waals surface area contributed by atoms with Gasteiger partial charge in [0.05, 0.1) is 15.5 Å². The molecule has 30 heavy (non-hydrogen) atoms. The Labute approximate surface area is 173 Å². The zero-order valence-electron chi connectivity index (χ0n) is 15.8. The first kappa shape index (κ1) is 19.9. The summed E-state index contributed by atoms with van der Waals surface area (Å²) in [5, 5.41) is 19.2. The van der Waals surface area contributed by atoms with Crippen LogP contribution in [0.3, 0.4) is 0 Å². The molecule has 1 fully saturated rings. The van der Waals surface area contributed by atoms with Crippen molar-refractivity contribution in [3.8, 4) is 11.4 Å². The normalized spacial score (nSPS) is 15.1. The van der Waals surface area contributed by atoms with Gasteiger partial charge in [-0.3, -0.25) is 15.1 Å². The second-order valence-corrected chi connectivity index (χ2v) is 8.57. The zero-order valence-corrected chi connectivity index (χ0v) is 16.6. The van der Waals surface area contributed by atoms with Gasteiger partial charge in [0.1, 0.15) is 5.69 Å². The van der Waals surface area contributed by atoms with Crippen molar-refractivity contribution in [3.63, 3.8) is 0 Å². The summed E-state index contributed by atoms with van der Waals surface area (Å²) < 4.78 is 27.0. The van der Waals surface area contributed by atoms with Gasteiger partial charge in [0.15, 0.2) is 5.82 Å². The second kappa shape index (κ2) is 8.13. The highest BCUT2D eigenvalue weighted by atomic mass is 32.2. The van der Waals surface area contributed by atoms with Gasteiger partial charge < -0.3 is 4.90 Å². The Balaban J connectivity index is 1.42. The van der Waals surface area contributed by atoms with Crippen LogP contribution >= 0.6 is 0 Å². The van der Waals surface area contributed by atoms with Crippen molar-refractivity contribution < 1.29 is 13.3 Å². The number of nitro groups is 1. The fraction of sp³-hybridized carbons (Fsp3) is 0.211. The molecule has 0 N–H and O–H groups in total. The fourth-order valence-corrected chi connectivity index (χ4v) is 4.61. The molecular weight excluding hydrogens is 408 g/mol. The standard InChI is InChI=1S/C19H18N6O4S/c26-25(27)15-4-6-16(7-5-15)30(28,29)24-13-11-23(12-14-24)19-9-8-18(21-22-19)17-3-1-2-10-20-17/h1-10H,11-14H2. The number of non-ortho nitro benzene ring substituents is 1. The molecule has 1 aliphatic rings. The molecule has 11 heteroatoms. The van der Waals surface area contributed by atoms with Crippen LogP contribution in [0, 0.1) is 10.1 Å². The summed E-state index contributed by atoms with van der Waals surface area (Å²) in [7, 11) is -3.71. The quantitative estimate of drug-likeness (QED) is 0.448. The summed E-state index contributed by atoms with van der Waals surface area (Å²) in [6, 6.07) is 14.2. The minimum absolute atomic E-state index is 0.0426. The summed E-state index contributed by atoms with van der Waals surface area (Å²) in [4.78, 5) is 16.5. The molecular formula is C19H18N6O4S. The third-order valence-electron chi connectivity index (χ3n) is 4.83. The lowest BCUT2D eigenvalue weighted by Gasteiger charge is -2.34. The molecule has 0 aliphatic carbocycles. The van der Waals surface area contributed by atoms with E-state index in [1.165, 1.54) is 28.6 Å². The predicted octanol–water partition coefficient (Wildman–Crippen LogP) is 1.96. The van der Waals surface area contributed by atoms with E-state index in [0.717, 1.165) is 5.69 Å². The van der Waals surface area contributed by atoms with Crippen LogP contribution in [0.4, 0.5) is 11.5 Å². The lowest BCUT2D eigenvalue weighted by atomic mass is 10.2. The van der Waals surface area contributed by atoms with E-state index in [2.05, 4.69) is 15.2 Å². The first-order valence-corrected chi connectivity index (χ1v) is 10.6. The highest BCUT2D eigenvalue weighted by molar-refractivity contribution is 7.89. The molecule has 2 aromatic heterocycles. The van der Waals surface area contributed by atoms with Crippen LogP contribution in [0.2, 0.25) is 0 Å². The summed E-state index contributed by atoms with van der Waals surface area (Å²) >= 11 is 0. The number of anilines is 1. The van der Waals surface area contributed by atoms with E-state index in [1.807, 2.05) is 35.2 Å². The predicted molar refractivity (Wildman–Crippen MR) is 109 cm³/mol. The minimum Gasteiger partial charge on any atom is -0.352 e. The van der Waals surface area contributed by atoms with E-state index in [-0.39, 0.29) is 23.7 Å². The molecule has 0 bridgehead atoms. The van der Waals surface area contributed by atoms with Crippen LogP contribution in [-0.4, -0.2) is 59.0 Å². The smallest absolute Gasteiger partial charge is 0.269 e. The maximum atomic E-state index is 12.8. The highest BCUT2D eigenvalue weighted by Gasteiger charge is 2.29. The third-order valence-corrected chi connectivity index (χ3v) is 6.74. The van der Waals surface area contributed by atoms with Gasteiger partial charge in [-0.1, -0.05) is 6.07 Å². The van der Waals surface area contributed by atoms with Crippen molar-refractivity contribution in [2.75, 3.05) is 31.1 Å². The average Bonchev–Trinajstić information content (AvgIpc) is 2.80. The zero-order chi connectivity index (χ0) is 21.1. The number of nitrogens with zero attached hydrogens (tertiary/aromatic N) is 6. The van der Waals surface area contributed by atoms with Crippen molar-refractivity contribution >= 4 is 21.5 Å². The first-order chi connectivity index (χ1) is 14.4. The van der Waals surface area contributed by atoms with Crippen LogP contribution < -0.4 is 4.90 Å². The van der Waals surface area contributed by atoms with E-state index < -0.39 is 14.9 Å². The Hall–Kier alpha value is -3.44. The Morgan fingerprint density at radius 2 is 1.60 bits per heavy atom. The monoisotopic (exact) mass is 426 g/mol. The lowest BCUT2D eigenvalue weighted by Crippen LogP contribution is -2.49. The van der Waals surface area contributed by atoms with Crippen molar-refractivity contribution in [2.24, 2.45) is 0 Å². The van der Waals surface area contributed by atoms with Crippen LogP contribution in [0.5, 0.6) is 0 Å². The number of hydrogen-bond donors (Lipinski definition) is 0. The van der Waals surface area contributed by atoms with Crippen molar-refractivity contribution in [3.05, 3.63) is 70.9 Å². The molecule has 10 nitrogen and oxygen atoms in total. The van der Waals surface area contributed by atoms with Gasteiger partial charge in [0.2, 0.25) is 10.0 Å². The summed E-state index contributed by atoms with van der Waals surface area (Å²) in [6.07, 6.45) is 1.69. The molecule has 0 spiro atoms. The number of piperazine rings is 1. The van der Waals surface area contributed by atoms with E-state index in [0.29, 0.717) is 24.6 Å². The van der Waals surface area contributed by atoms with E-state index in [4.69, 9.17) is 0 Å². The molecule has 1 aliphatic heterocycles. The van der Waals surface area contributed by atoms with Crippen LogP contribution in [0.1, 0.15) is 0 Å². The summed E-state index contributed by atoms with van der Waals surface area (Å²) in [5.74, 6) is 0.669. The Kier molecular flexibility index (Phi) is 5.38. The van der Waals surface area contributed by atoms with Gasteiger partial charge in [0.25, 0.3) is 5.69 Å². The fourth-order valence-electron chi connectivity index (χ4n) is 3.19. The van der Waals surface area contributed by atoms with Gasteiger partial charge in [-0.15, -0.1) is 10.2 Å². The Morgan fingerprint density at radius 3 is 2.17 bits per heavy atom. The number of pyridine rings is 1. The van der Waals surface area contributed by atoms with Gasteiger partial charge in [-0.05, 0) is 36.4 Å². The van der Waals surface area contributed by atoms with Crippen molar-refractivity contribution in [1.82, 2.24) is 19.5 Å². The number of aromatic nitrogens is 3. The highest BCUT2D eigenvalue weighted by Crippen LogP contribution is 2.22. The molecule has 154 valence electrons. The molecule has 0 amide bonds. The third kappa shape index (κ3) is 3.98. The van der Waals surface area contributed by atoms with Gasteiger partial charge in [-0.25, -0.2) is 8.42 Å². The number of hydrogen-bond acceptors (Lipinski definition) is 8. The van der Waals surface area contributed by atoms with Gasteiger partial charge in [-0.2, -0.15) is 4.31 Å². The molecule has 0 atom stereocenters. The molecule has 3 aromatic rings. The lowest BCUT2D eigenvalue weighted by molar-refractivity contribution is -0.384. The van der Waals surface area contributed by atoms with E-state index in [9.17, 15) is 18.5 Å². The average molecular weight is 426 g/mol. The van der Waals surface area contributed by atoms with Crippen LogP contribution in [0.25, 0.3) is 11.4 Å². The molecule has 1 saturated heterocycles. The molecule has 0 unspecified atom stereocenters. The van der Waals surface area contributed by atoms with Gasteiger partial charge in [0, 0.05) is 44.5 Å². The Morgan fingerprint density at radius 1 is 0.867 bits per heavy atom. The SMILES string of the molecule is O=[N+]([O-])c1ccc(S(=O)(=O)N2CCN(c3ccc(-c4ccccn4)nn3)CC2)cc1. The van der Waals surface area contributed by atoms with E-state index in [1.54, 1.807) is 6.20 Å². The van der Waals surface area contributed by atoms with Crippen molar-refractivity contribution in [1.29, 1.82) is 0 Å².